The zero-order valence-corrected chi connectivity index (χ0v) is 36.4. The number of aryl methyl sites for hydroxylation is 1. The third-order valence-electron chi connectivity index (χ3n) is 13.4. The molecule has 2 aromatic heterocycles. The number of hydrogen-bond donors (Lipinski definition) is 2. The summed E-state index contributed by atoms with van der Waals surface area (Å²) in [6.07, 6.45) is 7.94. The number of anilines is 2. The zero-order chi connectivity index (χ0) is 45.5. The fraction of sp³-hybridized carbons (Fsp3) is 0.396. The van der Waals surface area contributed by atoms with E-state index in [2.05, 4.69) is 20.3 Å². The molecule has 1 atom stereocenters. The highest BCUT2D eigenvalue weighted by Crippen LogP contribution is 2.40. The number of aromatic amines is 1. The van der Waals surface area contributed by atoms with Gasteiger partial charge >= 0.3 is 0 Å². The van der Waals surface area contributed by atoms with Crippen molar-refractivity contribution in [2.75, 3.05) is 76.3 Å². The van der Waals surface area contributed by atoms with E-state index >= 15 is 17.6 Å². The van der Waals surface area contributed by atoms with Crippen LogP contribution in [0.3, 0.4) is 0 Å². The van der Waals surface area contributed by atoms with Crippen molar-refractivity contribution in [2.45, 2.75) is 57.0 Å². The van der Waals surface area contributed by atoms with Crippen LogP contribution in [0.2, 0.25) is 0 Å². The lowest BCUT2D eigenvalue weighted by atomic mass is 9.90. The molecule has 0 spiro atoms. The van der Waals surface area contributed by atoms with Crippen LogP contribution in [0, 0.1) is 23.3 Å². The van der Waals surface area contributed by atoms with Gasteiger partial charge in [-0.3, -0.25) is 34.1 Å². The third kappa shape index (κ3) is 8.73. The van der Waals surface area contributed by atoms with Gasteiger partial charge in [-0.1, -0.05) is 12.1 Å². The van der Waals surface area contributed by atoms with Crippen molar-refractivity contribution in [3.8, 4) is 11.1 Å². The quantitative estimate of drug-likeness (QED) is 0.123. The second-order valence-electron chi connectivity index (χ2n) is 17.5. The maximum Gasteiger partial charge on any atom is 0.269 e. The van der Waals surface area contributed by atoms with Gasteiger partial charge in [-0.2, -0.15) is 5.10 Å². The third-order valence-corrected chi connectivity index (χ3v) is 13.4. The average Bonchev–Trinajstić information content (AvgIpc) is 4.01. The number of carbonyl (C=O) groups is 4. The lowest BCUT2D eigenvalue weighted by Crippen LogP contribution is -2.53. The van der Waals surface area contributed by atoms with Gasteiger partial charge in [0.05, 0.1) is 22.8 Å². The van der Waals surface area contributed by atoms with E-state index in [1.165, 1.54) is 29.2 Å². The van der Waals surface area contributed by atoms with Crippen LogP contribution in [0.25, 0.3) is 27.6 Å². The second kappa shape index (κ2) is 18.2. The molecule has 5 aromatic rings. The number of H-pyrrole nitrogens is 1. The minimum Gasteiger partial charge on any atom is -0.369 e. The van der Waals surface area contributed by atoms with Crippen molar-refractivity contribution in [3.05, 3.63) is 107 Å². The van der Waals surface area contributed by atoms with Gasteiger partial charge in [0, 0.05) is 121 Å². The minimum atomic E-state index is -1.09. The molecule has 4 amide bonds. The van der Waals surface area contributed by atoms with Crippen molar-refractivity contribution in [1.29, 1.82) is 0 Å². The van der Waals surface area contributed by atoms with E-state index in [0.717, 1.165) is 0 Å². The Morgan fingerprint density at radius 2 is 1.57 bits per heavy atom. The summed E-state index contributed by atoms with van der Waals surface area (Å²) in [6, 6.07) is 12.9. The van der Waals surface area contributed by atoms with Gasteiger partial charge in [-0.05, 0) is 84.8 Å². The van der Waals surface area contributed by atoms with E-state index in [1.807, 2.05) is 15.9 Å². The summed E-state index contributed by atoms with van der Waals surface area (Å²) < 4.78 is 66.6. The summed E-state index contributed by atoms with van der Waals surface area (Å²) in [5, 5.41) is 6.71. The Balaban J connectivity index is 0.892. The molecule has 0 aliphatic carbocycles. The average molecular weight is 894 g/mol. The van der Waals surface area contributed by atoms with Gasteiger partial charge in [-0.25, -0.2) is 17.6 Å². The van der Waals surface area contributed by atoms with Gasteiger partial charge in [0.15, 0.2) is 17.5 Å². The lowest BCUT2D eigenvalue weighted by Gasteiger charge is -2.44. The van der Waals surface area contributed by atoms with E-state index in [4.69, 9.17) is 0 Å². The minimum absolute atomic E-state index is 0.0228. The highest BCUT2D eigenvalue weighted by atomic mass is 19.2. The van der Waals surface area contributed by atoms with Crippen LogP contribution in [-0.4, -0.2) is 126 Å². The summed E-state index contributed by atoms with van der Waals surface area (Å²) in [6.45, 7) is 4.53. The van der Waals surface area contributed by atoms with Crippen LogP contribution >= 0.6 is 0 Å². The van der Waals surface area contributed by atoms with Crippen molar-refractivity contribution in [3.63, 3.8) is 0 Å². The number of carbonyl (C=O) groups excluding carboxylic acids is 4. The fourth-order valence-electron chi connectivity index (χ4n) is 9.83. The molecule has 3 saturated heterocycles. The zero-order valence-electron chi connectivity index (χ0n) is 36.4. The van der Waals surface area contributed by atoms with Gasteiger partial charge in [0.25, 0.3) is 5.91 Å². The number of piperazine rings is 1. The number of fused-ring (bicyclic) bond motifs is 1. The Morgan fingerprint density at radius 3 is 2.28 bits per heavy atom. The summed E-state index contributed by atoms with van der Waals surface area (Å²) in [5.41, 5.74) is 1.98. The Morgan fingerprint density at radius 1 is 0.815 bits per heavy atom. The molecule has 1 unspecified atom stereocenters. The fourth-order valence-corrected chi connectivity index (χ4v) is 9.83. The van der Waals surface area contributed by atoms with Crippen LogP contribution in [0.4, 0.5) is 28.9 Å². The topological polar surface area (TPSA) is 130 Å². The second-order valence-corrected chi connectivity index (χ2v) is 17.5. The summed E-state index contributed by atoms with van der Waals surface area (Å²) in [4.78, 5) is 62.4. The SMILES string of the molecule is CN(C)C(=O)c1cc2c(-c3ccc(N4CCC(N5CCN(c6ccc(C7CCC(=O)NC7=O)cc6F)CC5)CC4)c(F)c3F)cc(C3=CCCN(C(=O)CCn4cccn4)C3)c(F)c2[nH]1. The van der Waals surface area contributed by atoms with E-state index < -0.39 is 41.0 Å². The first-order valence-electron chi connectivity index (χ1n) is 22.2. The molecule has 3 aromatic carbocycles. The van der Waals surface area contributed by atoms with Crippen molar-refractivity contribution < 1.29 is 36.7 Å². The molecule has 13 nitrogen and oxygen atoms in total. The van der Waals surface area contributed by atoms with E-state index in [1.54, 1.807) is 60.3 Å². The summed E-state index contributed by atoms with van der Waals surface area (Å²) in [7, 11) is 3.13. The highest BCUT2D eigenvalue weighted by molar-refractivity contribution is 6.05. The first kappa shape index (κ1) is 43.7. The molecule has 65 heavy (non-hydrogen) atoms. The van der Waals surface area contributed by atoms with Gasteiger partial charge in [-0.15, -0.1) is 0 Å². The van der Waals surface area contributed by atoms with Gasteiger partial charge in [0.2, 0.25) is 17.7 Å². The first-order chi connectivity index (χ1) is 31.3. The van der Waals surface area contributed by atoms with E-state index in [9.17, 15) is 19.2 Å². The number of hydrogen-bond acceptors (Lipinski definition) is 8. The summed E-state index contributed by atoms with van der Waals surface area (Å²) >= 11 is 0. The van der Waals surface area contributed by atoms with Gasteiger partial charge in [0.1, 0.15) is 11.5 Å². The monoisotopic (exact) mass is 893 g/mol. The van der Waals surface area contributed by atoms with Gasteiger partial charge < -0.3 is 24.6 Å². The van der Waals surface area contributed by atoms with Crippen LogP contribution < -0.4 is 15.1 Å². The van der Waals surface area contributed by atoms with Crippen molar-refractivity contribution in [2.24, 2.45) is 0 Å². The standard InChI is InChI=1S/C48H51F4N9O4/c1-56(2)48(65)38-27-36-35(26-34(44(51)46(36)54-38)30-5-3-16-60(28-30)42(63)14-20-61-17-4-15-53-61)33-7-10-40(45(52)43(33)50)58-18-12-31(13-19-58)57-21-23-59(24-22-57)39-9-6-29(25-37(39)49)32-8-11-41(62)55-47(32)64/h4-7,9-10,15,17,25-27,31-32,54H,3,8,11-14,16,18-24,28H2,1-2H3,(H,55,62,64). The predicted octanol–water partition coefficient (Wildman–Crippen LogP) is 6.31. The number of benzene rings is 3. The smallest absolute Gasteiger partial charge is 0.269 e. The first-order valence-corrected chi connectivity index (χ1v) is 22.2. The molecular formula is C48H51F4N9O4. The Labute approximate surface area is 373 Å². The van der Waals surface area contributed by atoms with Crippen LogP contribution in [0.15, 0.2) is 67.0 Å². The maximum atomic E-state index is 16.6. The number of piperidine rings is 2. The Hall–Kier alpha value is -6.49. The number of imide groups is 1. The van der Waals surface area contributed by atoms with E-state index in [-0.39, 0.29) is 76.2 Å². The Bertz CT molecular complexity index is 2680. The van der Waals surface area contributed by atoms with Crippen LogP contribution in [-0.2, 0) is 20.9 Å². The number of amides is 4. The van der Waals surface area contributed by atoms with Crippen LogP contribution in [0.1, 0.15) is 66.1 Å². The molecule has 6 heterocycles. The molecular weight excluding hydrogens is 843 g/mol. The molecule has 9 rings (SSSR count). The van der Waals surface area contributed by atoms with E-state index in [0.29, 0.717) is 94.9 Å². The number of rotatable bonds is 10. The molecule has 0 radical (unpaired) electrons. The summed E-state index contributed by atoms with van der Waals surface area (Å²) in [5.74, 6) is -4.99. The normalized spacial score (nSPS) is 18.9. The van der Waals surface area contributed by atoms with Crippen LogP contribution in [0.5, 0.6) is 0 Å². The molecule has 0 bridgehead atoms. The van der Waals surface area contributed by atoms with Crippen molar-refractivity contribution in [1.82, 2.24) is 34.8 Å². The lowest BCUT2D eigenvalue weighted by molar-refractivity contribution is -0.134. The van der Waals surface area contributed by atoms with Crippen molar-refractivity contribution >= 4 is 51.5 Å². The molecule has 2 N–H and O–H groups in total. The highest BCUT2D eigenvalue weighted by Gasteiger charge is 2.33. The number of nitrogens with one attached hydrogen (secondary N) is 2. The molecule has 0 saturated carbocycles. The molecule has 340 valence electrons. The number of aromatic nitrogens is 3. The predicted molar refractivity (Wildman–Crippen MR) is 238 cm³/mol. The number of halogens is 4. The molecule has 4 aliphatic rings. The molecule has 4 aliphatic heterocycles. The number of nitrogens with zero attached hydrogens (tertiary/aromatic N) is 7. The largest absolute Gasteiger partial charge is 0.369 e. The Kier molecular flexibility index (Phi) is 12.2. The maximum absolute atomic E-state index is 16.6. The molecule has 3 fully saturated rings. The molecule has 17 heteroatoms.